The van der Waals surface area contributed by atoms with Gasteiger partial charge in [0, 0.05) is 0 Å². The molecule has 0 fully saturated rings. The second kappa shape index (κ2) is 3.69. The van der Waals surface area contributed by atoms with E-state index in [2.05, 4.69) is 25.9 Å². The molecule has 0 bridgehead atoms. The topological polar surface area (TPSA) is 29.4 Å². The van der Waals surface area contributed by atoms with E-state index in [1.54, 1.807) is 6.07 Å². The van der Waals surface area contributed by atoms with Crippen molar-refractivity contribution in [1.29, 1.82) is 0 Å². The van der Waals surface area contributed by atoms with E-state index in [1.807, 2.05) is 24.6 Å². The molecule has 0 unspecified atom stereocenters. The molecule has 1 aromatic rings. The van der Waals surface area contributed by atoms with Crippen LogP contribution >= 0.6 is 0 Å². The monoisotopic (exact) mass is 176 g/mol. The first-order chi connectivity index (χ1) is 6.03. The van der Waals surface area contributed by atoms with Gasteiger partial charge in [-0.2, -0.15) is 0 Å². The van der Waals surface area contributed by atoms with Crippen LogP contribution < -0.4 is 0 Å². The lowest BCUT2D eigenvalue weighted by Crippen LogP contribution is -2.06. The van der Waals surface area contributed by atoms with Crippen molar-refractivity contribution in [1.82, 2.24) is 0 Å². The summed E-state index contributed by atoms with van der Waals surface area (Å²) in [4.78, 5) is 10.4. The summed E-state index contributed by atoms with van der Waals surface area (Å²) in [5.74, 6) is 0. The van der Waals surface area contributed by atoms with Crippen LogP contribution in [0.3, 0.4) is 0 Å². The number of rotatable bonds is 2. The zero-order valence-electron chi connectivity index (χ0n) is 8.24. The van der Waals surface area contributed by atoms with Gasteiger partial charge in [0.2, 0.25) is 0 Å². The SMILES string of the molecule is CC(C)(C)[CH]c1ccccc1N=O. The van der Waals surface area contributed by atoms with E-state index >= 15 is 0 Å². The molecular formula is C11H14NO. The second-order valence-corrected chi connectivity index (χ2v) is 4.16. The fourth-order valence-electron chi connectivity index (χ4n) is 1.16. The molecule has 0 N–H and O–H groups in total. The largest absolute Gasteiger partial charge is 0.145 e. The quantitative estimate of drug-likeness (QED) is 0.632. The van der Waals surface area contributed by atoms with E-state index in [-0.39, 0.29) is 5.41 Å². The summed E-state index contributed by atoms with van der Waals surface area (Å²) >= 11 is 0. The Labute approximate surface area is 79.0 Å². The highest BCUT2D eigenvalue weighted by Crippen LogP contribution is 2.28. The summed E-state index contributed by atoms with van der Waals surface area (Å²) in [5, 5.41) is 2.97. The summed E-state index contributed by atoms with van der Waals surface area (Å²) in [6, 6.07) is 7.36. The molecule has 69 valence electrons. The minimum absolute atomic E-state index is 0.0702. The maximum absolute atomic E-state index is 10.4. The highest BCUT2D eigenvalue weighted by atomic mass is 16.3. The van der Waals surface area contributed by atoms with Crippen molar-refractivity contribution in [2.75, 3.05) is 0 Å². The van der Waals surface area contributed by atoms with Crippen molar-refractivity contribution < 1.29 is 0 Å². The lowest BCUT2D eigenvalue weighted by atomic mass is 9.87. The van der Waals surface area contributed by atoms with Crippen LogP contribution in [0.5, 0.6) is 0 Å². The molecule has 1 rings (SSSR count). The second-order valence-electron chi connectivity index (χ2n) is 4.16. The third-order valence-electron chi connectivity index (χ3n) is 1.62. The smallest absolute Gasteiger partial charge is 0.111 e. The Hall–Kier alpha value is -1.18. The molecule has 2 nitrogen and oxygen atoms in total. The van der Waals surface area contributed by atoms with Crippen LogP contribution in [-0.4, -0.2) is 0 Å². The van der Waals surface area contributed by atoms with Gasteiger partial charge in [-0.1, -0.05) is 39.0 Å². The molecule has 0 amide bonds. The van der Waals surface area contributed by atoms with Crippen molar-refractivity contribution in [3.8, 4) is 0 Å². The maximum Gasteiger partial charge on any atom is 0.111 e. The van der Waals surface area contributed by atoms with Gasteiger partial charge in [0.1, 0.15) is 5.69 Å². The minimum atomic E-state index is 0.0702. The summed E-state index contributed by atoms with van der Waals surface area (Å²) in [7, 11) is 0. The predicted molar refractivity (Wildman–Crippen MR) is 54.8 cm³/mol. The Bertz CT molecular complexity index is 299. The van der Waals surface area contributed by atoms with Crippen LogP contribution in [0.2, 0.25) is 0 Å². The van der Waals surface area contributed by atoms with Crippen LogP contribution in [0.1, 0.15) is 26.3 Å². The number of nitrogens with zero attached hydrogens (tertiary/aromatic N) is 1. The highest BCUT2D eigenvalue weighted by Gasteiger charge is 2.14. The fraction of sp³-hybridized carbons (Fsp3) is 0.364. The third-order valence-corrected chi connectivity index (χ3v) is 1.62. The Balaban J connectivity index is 2.94. The molecule has 0 aliphatic heterocycles. The molecule has 0 aliphatic rings. The van der Waals surface area contributed by atoms with Crippen LogP contribution in [-0.2, 0) is 0 Å². The lowest BCUT2D eigenvalue weighted by molar-refractivity contribution is 0.506. The Morgan fingerprint density at radius 2 is 1.85 bits per heavy atom. The molecular weight excluding hydrogens is 162 g/mol. The molecule has 0 heterocycles. The third kappa shape index (κ3) is 2.98. The molecule has 0 saturated carbocycles. The van der Waals surface area contributed by atoms with E-state index in [9.17, 15) is 4.91 Å². The highest BCUT2D eigenvalue weighted by molar-refractivity contribution is 5.50. The molecule has 2 heteroatoms. The number of hydrogen-bond acceptors (Lipinski definition) is 2. The van der Waals surface area contributed by atoms with Crippen LogP contribution in [0, 0.1) is 16.7 Å². The van der Waals surface area contributed by atoms with Gasteiger partial charge in [0.15, 0.2) is 0 Å². The summed E-state index contributed by atoms with van der Waals surface area (Å²) in [6.07, 6.45) is 2.05. The molecule has 13 heavy (non-hydrogen) atoms. The lowest BCUT2D eigenvalue weighted by Gasteiger charge is -2.17. The summed E-state index contributed by atoms with van der Waals surface area (Å²) in [5.41, 5.74) is 1.49. The molecule has 0 spiro atoms. The van der Waals surface area contributed by atoms with Crippen LogP contribution in [0.15, 0.2) is 29.4 Å². The standard InChI is InChI=1S/C11H14NO/c1-11(2,3)8-9-6-4-5-7-10(9)12-13/h4-8H,1-3H3. The van der Waals surface area contributed by atoms with Crippen LogP contribution in [0.4, 0.5) is 5.69 Å². The van der Waals surface area contributed by atoms with Gasteiger partial charge in [-0.3, -0.25) is 0 Å². The van der Waals surface area contributed by atoms with E-state index in [4.69, 9.17) is 0 Å². The fourth-order valence-corrected chi connectivity index (χ4v) is 1.16. The Kier molecular flexibility index (Phi) is 2.81. The van der Waals surface area contributed by atoms with Gasteiger partial charge >= 0.3 is 0 Å². The van der Waals surface area contributed by atoms with Crippen LogP contribution in [0.25, 0.3) is 0 Å². The Morgan fingerprint density at radius 3 is 2.38 bits per heavy atom. The van der Waals surface area contributed by atoms with E-state index in [1.165, 1.54) is 0 Å². The molecule has 0 saturated heterocycles. The molecule has 0 aliphatic carbocycles. The first-order valence-corrected chi connectivity index (χ1v) is 4.31. The van der Waals surface area contributed by atoms with E-state index in [0.29, 0.717) is 5.69 Å². The number of nitroso groups, excluding NO2 is 1. The maximum atomic E-state index is 10.4. The van der Waals surface area contributed by atoms with Gasteiger partial charge in [-0.15, -0.1) is 4.91 Å². The first-order valence-electron chi connectivity index (χ1n) is 4.31. The van der Waals surface area contributed by atoms with Gasteiger partial charge in [-0.25, -0.2) is 0 Å². The average Bonchev–Trinajstić information content (AvgIpc) is 2.02. The van der Waals surface area contributed by atoms with Crippen molar-refractivity contribution in [3.63, 3.8) is 0 Å². The van der Waals surface area contributed by atoms with Crippen molar-refractivity contribution in [2.24, 2.45) is 10.6 Å². The number of hydrogen-bond donors (Lipinski definition) is 0. The van der Waals surface area contributed by atoms with Crippen molar-refractivity contribution in [3.05, 3.63) is 41.2 Å². The van der Waals surface area contributed by atoms with Gasteiger partial charge in [0.05, 0.1) is 0 Å². The van der Waals surface area contributed by atoms with Gasteiger partial charge in [0.25, 0.3) is 0 Å². The van der Waals surface area contributed by atoms with E-state index in [0.717, 1.165) is 5.56 Å². The average molecular weight is 176 g/mol. The number of benzene rings is 1. The molecule has 1 radical (unpaired) electrons. The molecule has 0 aromatic heterocycles. The summed E-state index contributed by atoms with van der Waals surface area (Å²) < 4.78 is 0. The first kappa shape index (κ1) is 9.90. The molecule has 1 aromatic carbocycles. The van der Waals surface area contributed by atoms with Crippen molar-refractivity contribution in [2.45, 2.75) is 20.8 Å². The Morgan fingerprint density at radius 1 is 1.23 bits per heavy atom. The minimum Gasteiger partial charge on any atom is -0.145 e. The predicted octanol–water partition coefficient (Wildman–Crippen LogP) is 3.68. The van der Waals surface area contributed by atoms with E-state index < -0.39 is 0 Å². The zero-order chi connectivity index (χ0) is 9.90. The normalized spacial score (nSPS) is 11.3. The van der Waals surface area contributed by atoms with Crippen molar-refractivity contribution >= 4 is 5.69 Å². The zero-order valence-corrected chi connectivity index (χ0v) is 8.24. The van der Waals surface area contributed by atoms with Gasteiger partial charge in [-0.05, 0) is 28.6 Å². The molecule has 0 atom stereocenters. The summed E-state index contributed by atoms with van der Waals surface area (Å²) in [6.45, 7) is 6.28. The van der Waals surface area contributed by atoms with Gasteiger partial charge < -0.3 is 0 Å².